The van der Waals surface area contributed by atoms with Crippen molar-refractivity contribution in [3.63, 3.8) is 0 Å². The molecule has 1 aliphatic heterocycles. The zero-order valence-corrected chi connectivity index (χ0v) is 11.4. The summed E-state index contributed by atoms with van der Waals surface area (Å²) in [5.41, 5.74) is 6.47. The SMILES string of the molecule is C=C1COc2c(OC)c3c(c(C)c21)C(C)CCC3. The van der Waals surface area contributed by atoms with E-state index < -0.39 is 0 Å². The topological polar surface area (TPSA) is 18.5 Å². The summed E-state index contributed by atoms with van der Waals surface area (Å²) in [5.74, 6) is 2.49. The van der Waals surface area contributed by atoms with Gasteiger partial charge in [-0.1, -0.05) is 13.5 Å². The summed E-state index contributed by atoms with van der Waals surface area (Å²) in [6, 6.07) is 0. The number of methoxy groups -OCH3 is 1. The Bertz CT molecular complexity index is 529. The number of rotatable bonds is 1. The van der Waals surface area contributed by atoms with Gasteiger partial charge in [0.05, 0.1) is 7.11 Å². The summed E-state index contributed by atoms with van der Waals surface area (Å²) in [6.45, 7) is 9.25. The van der Waals surface area contributed by atoms with E-state index >= 15 is 0 Å². The molecule has 2 aliphatic rings. The molecule has 0 saturated heterocycles. The molecule has 96 valence electrons. The molecule has 1 unspecified atom stereocenters. The van der Waals surface area contributed by atoms with Crippen molar-refractivity contribution in [3.05, 3.63) is 28.8 Å². The van der Waals surface area contributed by atoms with E-state index in [-0.39, 0.29) is 0 Å². The van der Waals surface area contributed by atoms with Gasteiger partial charge in [-0.15, -0.1) is 0 Å². The second kappa shape index (κ2) is 4.04. The van der Waals surface area contributed by atoms with Crippen molar-refractivity contribution in [3.8, 4) is 11.5 Å². The van der Waals surface area contributed by atoms with Crippen LogP contribution in [0.15, 0.2) is 6.58 Å². The van der Waals surface area contributed by atoms with Crippen LogP contribution < -0.4 is 9.47 Å². The van der Waals surface area contributed by atoms with Gasteiger partial charge in [-0.3, -0.25) is 0 Å². The predicted molar refractivity (Wildman–Crippen MR) is 73.6 cm³/mol. The molecule has 1 aromatic rings. The van der Waals surface area contributed by atoms with Crippen LogP contribution in [0.2, 0.25) is 0 Å². The number of hydrogen-bond donors (Lipinski definition) is 0. The highest BCUT2D eigenvalue weighted by atomic mass is 16.5. The monoisotopic (exact) mass is 244 g/mol. The van der Waals surface area contributed by atoms with E-state index in [1.807, 2.05) is 0 Å². The summed E-state index contributed by atoms with van der Waals surface area (Å²) >= 11 is 0. The lowest BCUT2D eigenvalue weighted by Gasteiger charge is -2.28. The number of benzene rings is 1. The van der Waals surface area contributed by atoms with Crippen LogP contribution in [-0.2, 0) is 6.42 Å². The van der Waals surface area contributed by atoms with Crippen molar-refractivity contribution in [1.82, 2.24) is 0 Å². The first-order valence-electron chi connectivity index (χ1n) is 6.69. The minimum atomic E-state index is 0.601. The maximum atomic E-state index is 5.79. The molecular weight excluding hydrogens is 224 g/mol. The van der Waals surface area contributed by atoms with E-state index in [9.17, 15) is 0 Å². The van der Waals surface area contributed by atoms with Crippen molar-refractivity contribution >= 4 is 5.57 Å². The smallest absolute Gasteiger partial charge is 0.169 e. The average Bonchev–Trinajstić information content (AvgIpc) is 2.72. The van der Waals surface area contributed by atoms with Gasteiger partial charge in [0.15, 0.2) is 11.5 Å². The lowest BCUT2D eigenvalue weighted by Crippen LogP contribution is -2.12. The molecule has 0 spiro atoms. The van der Waals surface area contributed by atoms with Gasteiger partial charge in [0, 0.05) is 11.1 Å². The lowest BCUT2D eigenvalue weighted by molar-refractivity contribution is 0.338. The van der Waals surface area contributed by atoms with Crippen LogP contribution in [0.5, 0.6) is 11.5 Å². The molecule has 0 saturated carbocycles. The van der Waals surface area contributed by atoms with Gasteiger partial charge in [-0.25, -0.2) is 0 Å². The van der Waals surface area contributed by atoms with Gasteiger partial charge in [-0.05, 0) is 48.8 Å². The second-order valence-corrected chi connectivity index (χ2v) is 5.44. The quantitative estimate of drug-likeness (QED) is 0.747. The van der Waals surface area contributed by atoms with Crippen LogP contribution in [-0.4, -0.2) is 13.7 Å². The maximum absolute atomic E-state index is 5.79. The van der Waals surface area contributed by atoms with E-state index in [1.165, 1.54) is 35.1 Å². The van der Waals surface area contributed by atoms with Crippen LogP contribution in [0, 0.1) is 6.92 Å². The summed E-state index contributed by atoms with van der Waals surface area (Å²) < 4.78 is 11.4. The van der Waals surface area contributed by atoms with Crippen LogP contribution >= 0.6 is 0 Å². The molecule has 0 radical (unpaired) electrons. The Morgan fingerprint density at radius 1 is 1.39 bits per heavy atom. The van der Waals surface area contributed by atoms with Gasteiger partial charge >= 0.3 is 0 Å². The molecular formula is C16H20O2. The van der Waals surface area contributed by atoms with Crippen molar-refractivity contribution < 1.29 is 9.47 Å². The fourth-order valence-corrected chi connectivity index (χ4v) is 3.56. The van der Waals surface area contributed by atoms with Gasteiger partial charge in [0.2, 0.25) is 0 Å². The van der Waals surface area contributed by atoms with Crippen LogP contribution in [0.1, 0.15) is 47.9 Å². The molecule has 1 atom stereocenters. The summed E-state index contributed by atoms with van der Waals surface area (Å²) in [5, 5.41) is 0. The van der Waals surface area contributed by atoms with Crippen molar-refractivity contribution in [1.29, 1.82) is 0 Å². The Morgan fingerprint density at radius 2 is 2.17 bits per heavy atom. The van der Waals surface area contributed by atoms with Crippen molar-refractivity contribution in [2.75, 3.05) is 13.7 Å². The molecule has 1 aromatic carbocycles. The van der Waals surface area contributed by atoms with Crippen LogP contribution in [0.25, 0.3) is 5.57 Å². The third kappa shape index (κ3) is 1.41. The van der Waals surface area contributed by atoms with E-state index in [0.717, 1.165) is 23.5 Å². The molecule has 3 rings (SSSR count). The highest BCUT2D eigenvalue weighted by molar-refractivity contribution is 5.81. The fraction of sp³-hybridized carbons (Fsp3) is 0.500. The third-order valence-corrected chi connectivity index (χ3v) is 4.32. The van der Waals surface area contributed by atoms with Gasteiger partial charge in [-0.2, -0.15) is 0 Å². The Kier molecular flexibility index (Phi) is 2.61. The molecule has 0 aromatic heterocycles. The van der Waals surface area contributed by atoms with Gasteiger partial charge < -0.3 is 9.47 Å². The van der Waals surface area contributed by atoms with E-state index in [1.54, 1.807) is 7.11 Å². The largest absolute Gasteiger partial charge is 0.493 e. The van der Waals surface area contributed by atoms with Crippen molar-refractivity contribution in [2.24, 2.45) is 0 Å². The van der Waals surface area contributed by atoms with E-state index in [0.29, 0.717) is 12.5 Å². The van der Waals surface area contributed by atoms with Crippen molar-refractivity contribution in [2.45, 2.75) is 39.0 Å². The summed E-state index contributed by atoms with van der Waals surface area (Å²) in [4.78, 5) is 0. The molecule has 1 aliphatic carbocycles. The van der Waals surface area contributed by atoms with E-state index in [2.05, 4.69) is 20.4 Å². The molecule has 0 amide bonds. The predicted octanol–water partition coefficient (Wildman–Crippen LogP) is 3.85. The minimum Gasteiger partial charge on any atom is -0.493 e. The highest BCUT2D eigenvalue weighted by Crippen LogP contribution is 2.50. The molecule has 0 bridgehead atoms. The van der Waals surface area contributed by atoms with Crippen LogP contribution in [0.3, 0.4) is 0 Å². The number of hydrogen-bond acceptors (Lipinski definition) is 2. The molecule has 2 heteroatoms. The molecule has 0 fully saturated rings. The Morgan fingerprint density at radius 3 is 2.89 bits per heavy atom. The minimum absolute atomic E-state index is 0.601. The Balaban J connectivity index is 2.34. The molecule has 0 N–H and O–H groups in total. The Hall–Kier alpha value is -1.44. The zero-order valence-electron chi connectivity index (χ0n) is 11.4. The number of fused-ring (bicyclic) bond motifs is 2. The fourth-order valence-electron chi connectivity index (χ4n) is 3.56. The first kappa shape index (κ1) is 11.6. The standard InChI is InChI=1S/C16H20O2/c1-9-6-5-7-12-13(9)11(3)14-10(2)8-18-16(14)15(12)17-4/h9H,2,5-8H2,1,3-4H3. The Labute approximate surface area is 109 Å². The average molecular weight is 244 g/mol. The second-order valence-electron chi connectivity index (χ2n) is 5.44. The molecule has 2 nitrogen and oxygen atoms in total. The molecule has 18 heavy (non-hydrogen) atoms. The maximum Gasteiger partial charge on any atom is 0.169 e. The van der Waals surface area contributed by atoms with Gasteiger partial charge in [0.25, 0.3) is 0 Å². The van der Waals surface area contributed by atoms with E-state index in [4.69, 9.17) is 9.47 Å². The summed E-state index contributed by atoms with van der Waals surface area (Å²) in [6.07, 6.45) is 3.61. The normalized spacial score (nSPS) is 21.3. The number of ether oxygens (including phenoxy) is 2. The van der Waals surface area contributed by atoms with Gasteiger partial charge in [0.1, 0.15) is 6.61 Å². The summed E-state index contributed by atoms with van der Waals surface area (Å²) in [7, 11) is 1.74. The first-order valence-corrected chi connectivity index (χ1v) is 6.69. The van der Waals surface area contributed by atoms with Crippen LogP contribution in [0.4, 0.5) is 0 Å². The molecule has 1 heterocycles. The first-order chi connectivity index (χ1) is 8.65. The third-order valence-electron chi connectivity index (χ3n) is 4.32. The zero-order chi connectivity index (χ0) is 12.9. The lowest BCUT2D eigenvalue weighted by atomic mass is 9.78. The highest BCUT2D eigenvalue weighted by Gasteiger charge is 2.32.